The number of hydrogen-bond acceptors (Lipinski definition) is 3. The van der Waals surface area contributed by atoms with Crippen molar-refractivity contribution in [1.82, 2.24) is 9.80 Å². The number of piperidine rings is 1. The molecule has 28 heavy (non-hydrogen) atoms. The Morgan fingerprint density at radius 3 is 2.36 bits per heavy atom. The zero-order valence-corrected chi connectivity index (χ0v) is 18.8. The first-order chi connectivity index (χ1) is 13.0. The normalized spacial score (nSPS) is 17.6. The zero-order chi connectivity index (χ0) is 21.1. The van der Waals surface area contributed by atoms with Crippen molar-refractivity contribution >= 4 is 35.2 Å². The van der Waals surface area contributed by atoms with Gasteiger partial charge in [-0.2, -0.15) is 0 Å². The Morgan fingerprint density at radius 2 is 1.82 bits per heavy atom. The fourth-order valence-corrected chi connectivity index (χ4v) is 3.80. The van der Waals surface area contributed by atoms with Gasteiger partial charge in [-0.15, -0.1) is 0 Å². The number of nitrogens with zero attached hydrogens (tertiary/aromatic N) is 2. The van der Waals surface area contributed by atoms with Crippen molar-refractivity contribution < 1.29 is 14.3 Å². The van der Waals surface area contributed by atoms with Crippen LogP contribution in [0.1, 0.15) is 59.4 Å². The molecule has 0 spiro atoms. The lowest BCUT2D eigenvalue weighted by molar-refractivity contribution is -0.140. The Balaban J connectivity index is 2.25. The highest BCUT2D eigenvalue weighted by Gasteiger charge is 2.37. The maximum Gasteiger partial charge on any atom is 0.410 e. The molecule has 1 saturated heterocycles. The van der Waals surface area contributed by atoms with Gasteiger partial charge in [0.1, 0.15) is 11.6 Å². The fourth-order valence-electron chi connectivity index (χ4n) is 3.29. The topological polar surface area (TPSA) is 49.9 Å². The largest absolute Gasteiger partial charge is 0.444 e. The van der Waals surface area contributed by atoms with Crippen molar-refractivity contribution in [2.75, 3.05) is 6.54 Å². The average Bonchev–Trinajstić information content (AvgIpc) is 2.59. The summed E-state index contributed by atoms with van der Waals surface area (Å²) in [5.74, 6) is -0.100. The van der Waals surface area contributed by atoms with E-state index in [9.17, 15) is 9.59 Å². The molecule has 1 aliphatic heterocycles. The molecule has 5 nitrogen and oxygen atoms in total. The smallest absolute Gasteiger partial charge is 0.410 e. The van der Waals surface area contributed by atoms with E-state index in [1.807, 2.05) is 34.6 Å². The summed E-state index contributed by atoms with van der Waals surface area (Å²) in [4.78, 5) is 29.4. The molecule has 0 bridgehead atoms. The molecule has 0 unspecified atom stereocenters. The Bertz CT molecular complexity index is 696. The number of benzene rings is 1. The second kappa shape index (κ2) is 9.36. The van der Waals surface area contributed by atoms with Gasteiger partial charge in [-0.05, 0) is 66.0 Å². The van der Waals surface area contributed by atoms with E-state index in [0.29, 0.717) is 35.1 Å². The van der Waals surface area contributed by atoms with Gasteiger partial charge in [0, 0.05) is 34.7 Å². The lowest BCUT2D eigenvalue weighted by Crippen LogP contribution is -2.55. The van der Waals surface area contributed by atoms with E-state index in [4.69, 9.17) is 27.9 Å². The first-order valence-corrected chi connectivity index (χ1v) is 10.5. The molecule has 0 N–H and O–H groups in total. The maximum atomic E-state index is 13.4. The predicted molar refractivity (Wildman–Crippen MR) is 113 cm³/mol. The van der Waals surface area contributed by atoms with E-state index >= 15 is 0 Å². The summed E-state index contributed by atoms with van der Waals surface area (Å²) in [5.41, 5.74) is 0.109. The minimum atomic E-state index is -0.606. The maximum absolute atomic E-state index is 13.4. The lowest BCUT2D eigenvalue weighted by Gasteiger charge is -2.39. The van der Waals surface area contributed by atoms with Crippen molar-refractivity contribution in [3.8, 4) is 0 Å². The van der Waals surface area contributed by atoms with Crippen LogP contribution in [0.25, 0.3) is 0 Å². The Labute approximate surface area is 177 Å². The summed E-state index contributed by atoms with van der Waals surface area (Å²) >= 11 is 12.6. The SMILES string of the molecule is CC(C)N(Cc1c(Cl)cccc1Cl)C(=O)[C@@H]1CCCCN1C(=O)OC(C)(C)C. The minimum absolute atomic E-state index is 0.0674. The van der Waals surface area contributed by atoms with Gasteiger partial charge in [0.25, 0.3) is 0 Å². The minimum Gasteiger partial charge on any atom is -0.444 e. The van der Waals surface area contributed by atoms with Gasteiger partial charge >= 0.3 is 6.09 Å². The van der Waals surface area contributed by atoms with Gasteiger partial charge in [-0.1, -0.05) is 29.3 Å². The second-order valence-electron chi connectivity index (χ2n) is 8.45. The van der Waals surface area contributed by atoms with Gasteiger partial charge in [-0.3, -0.25) is 9.69 Å². The number of amides is 2. The van der Waals surface area contributed by atoms with Crippen LogP contribution >= 0.6 is 23.2 Å². The highest BCUT2D eigenvalue weighted by atomic mass is 35.5. The van der Waals surface area contributed by atoms with Crippen LogP contribution in [0.2, 0.25) is 10.0 Å². The Hall–Kier alpha value is -1.46. The summed E-state index contributed by atoms with van der Waals surface area (Å²) in [5, 5.41) is 1.05. The summed E-state index contributed by atoms with van der Waals surface area (Å²) < 4.78 is 5.53. The molecule has 0 saturated carbocycles. The number of carbonyl (C=O) groups is 2. The molecular weight excluding hydrogens is 399 g/mol. The van der Waals surface area contributed by atoms with Gasteiger partial charge in [-0.25, -0.2) is 4.79 Å². The number of halogens is 2. The van der Waals surface area contributed by atoms with Crippen LogP contribution in [-0.4, -0.2) is 46.0 Å². The van der Waals surface area contributed by atoms with Crippen molar-refractivity contribution in [3.63, 3.8) is 0 Å². The highest BCUT2D eigenvalue weighted by molar-refractivity contribution is 6.36. The summed E-state index contributed by atoms with van der Waals surface area (Å²) in [6, 6.07) is 4.70. The van der Waals surface area contributed by atoms with Gasteiger partial charge < -0.3 is 9.64 Å². The third-order valence-electron chi connectivity index (χ3n) is 4.71. The van der Waals surface area contributed by atoms with E-state index in [0.717, 1.165) is 12.8 Å². The second-order valence-corrected chi connectivity index (χ2v) is 9.26. The van der Waals surface area contributed by atoms with Crippen molar-refractivity contribution in [2.45, 2.75) is 78.1 Å². The van der Waals surface area contributed by atoms with Crippen LogP contribution < -0.4 is 0 Å². The van der Waals surface area contributed by atoms with Crippen LogP contribution in [0.15, 0.2) is 18.2 Å². The van der Waals surface area contributed by atoms with Gasteiger partial charge in [0.2, 0.25) is 5.91 Å². The van der Waals surface area contributed by atoms with Crippen LogP contribution in [0, 0.1) is 0 Å². The molecular formula is C21H30Cl2N2O3. The first kappa shape index (κ1) is 22.8. The molecule has 1 atom stereocenters. The van der Waals surface area contributed by atoms with Crippen molar-refractivity contribution in [3.05, 3.63) is 33.8 Å². The van der Waals surface area contributed by atoms with Crippen LogP contribution in [0.4, 0.5) is 4.79 Å². The van der Waals surface area contributed by atoms with Gasteiger partial charge in [0.15, 0.2) is 0 Å². The van der Waals surface area contributed by atoms with E-state index in [1.165, 1.54) is 0 Å². The standard InChI is InChI=1S/C21H30Cl2N2O3/c1-14(2)25(13-15-16(22)9-8-10-17(15)23)19(26)18-11-6-7-12-24(18)20(27)28-21(3,4)5/h8-10,14,18H,6-7,11-13H2,1-5H3/t18-/m0/s1. The van der Waals surface area contributed by atoms with Crippen LogP contribution in [0.5, 0.6) is 0 Å². The van der Waals surface area contributed by atoms with Crippen molar-refractivity contribution in [2.24, 2.45) is 0 Å². The molecule has 7 heteroatoms. The highest BCUT2D eigenvalue weighted by Crippen LogP contribution is 2.28. The molecule has 0 radical (unpaired) electrons. The average molecular weight is 429 g/mol. The number of likely N-dealkylation sites (tertiary alicyclic amines) is 1. The molecule has 0 aromatic heterocycles. The van der Waals surface area contributed by atoms with Crippen molar-refractivity contribution in [1.29, 1.82) is 0 Å². The van der Waals surface area contributed by atoms with Crippen LogP contribution in [-0.2, 0) is 16.1 Å². The predicted octanol–water partition coefficient (Wildman–Crippen LogP) is 5.52. The van der Waals surface area contributed by atoms with E-state index in [-0.39, 0.29) is 11.9 Å². The molecule has 0 aliphatic carbocycles. The number of hydrogen-bond donors (Lipinski definition) is 0. The molecule has 1 aromatic carbocycles. The van der Waals surface area contributed by atoms with E-state index < -0.39 is 17.7 Å². The van der Waals surface area contributed by atoms with Gasteiger partial charge in [0.05, 0.1) is 0 Å². The summed E-state index contributed by atoms with van der Waals surface area (Å²) in [6.07, 6.45) is 1.94. The van der Waals surface area contributed by atoms with E-state index in [2.05, 4.69) is 0 Å². The molecule has 1 aliphatic rings. The molecule has 1 aromatic rings. The molecule has 2 amide bonds. The number of ether oxygens (including phenoxy) is 1. The zero-order valence-electron chi connectivity index (χ0n) is 17.3. The monoisotopic (exact) mass is 428 g/mol. The quantitative estimate of drug-likeness (QED) is 0.633. The Morgan fingerprint density at radius 1 is 1.21 bits per heavy atom. The molecule has 1 fully saturated rings. The summed E-state index contributed by atoms with van der Waals surface area (Å²) in [7, 11) is 0. The fraction of sp³-hybridized carbons (Fsp3) is 0.619. The number of rotatable bonds is 4. The Kier molecular flexibility index (Phi) is 7.63. The molecule has 156 valence electrons. The van der Waals surface area contributed by atoms with Crippen LogP contribution in [0.3, 0.4) is 0 Å². The lowest BCUT2D eigenvalue weighted by atomic mass is 10.0. The third-order valence-corrected chi connectivity index (χ3v) is 5.42. The van der Waals surface area contributed by atoms with E-state index in [1.54, 1.807) is 28.0 Å². The first-order valence-electron chi connectivity index (χ1n) is 9.74. The number of carbonyl (C=O) groups excluding carboxylic acids is 2. The summed E-state index contributed by atoms with van der Waals surface area (Å²) in [6.45, 7) is 10.2. The molecule has 2 rings (SSSR count). The third kappa shape index (κ3) is 5.77. The molecule has 1 heterocycles.